The molecule has 1 aromatic carbocycles. The quantitative estimate of drug-likeness (QED) is 0.275. The van der Waals surface area contributed by atoms with Gasteiger partial charge in [-0.25, -0.2) is 19.3 Å². The molecular formula is C30H30FN7O. The molecule has 5 heterocycles. The number of benzene rings is 1. The minimum atomic E-state index is -0.419. The SMILES string of the molecule is CCCn1c(Cn2ccnc2-c2ncccc2F)nc2cc(C(=O)N3CCCCC3c3cccnc3)ccc21. The third-order valence-corrected chi connectivity index (χ3v) is 7.35. The summed E-state index contributed by atoms with van der Waals surface area (Å²) in [5.74, 6) is 0.862. The van der Waals surface area contributed by atoms with Crippen molar-refractivity contribution in [1.29, 1.82) is 0 Å². The molecule has 4 aromatic heterocycles. The summed E-state index contributed by atoms with van der Waals surface area (Å²) in [7, 11) is 0. The lowest BCUT2D eigenvalue weighted by Crippen LogP contribution is -2.38. The van der Waals surface area contributed by atoms with Gasteiger partial charge >= 0.3 is 0 Å². The van der Waals surface area contributed by atoms with E-state index in [9.17, 15) is 9.18 Å². The number of piperidine rings is 1. The van der Waals surface area contributed by atoms with E-state index in [2.05, 4.69) is 26.4 Å². The van der Waals surface area contributed by atoms with Gasteiger partial charge in [0.2, 0.25) is 0 Å². The summed E-state index contributed by atoms with van der Waals surface area (Å²) in [6, 6.07) is 12.7. The largest absolute Gasteiger partial charge is 0.332 e. The van der Waals surface area contributed by atoms with Crippen molar-refractivity contribution in [2.75, 3.05) is 6.54 Å². The average molecular weight is 524 g/mol. The summed E-state index contributed by atoms with van der Waals surface area (Å²) >= 11 is 0. The molecule has 0 spiro atoms. The van der Waals surface area contributed by atoms with Gasteiger partial charge in [-0.2, -0.15) is 0 Å². The van der Waals surface area contributed by atoms with Gasteiger partial charge in [-0.3, -0.25) is 9.78 Å². The molecule has 39 heavy (non-hydrogen) atoms. The highest BCUT2D eigenvalue weighted by molar-refractivity contribution is 5.97. The molecule has 198 valence electrons. The molecule has 0 N–H and O–H groups in total. The smallest absolute Gasteiger partial charge is 0.254 e. The molecule has 0 aliphatic carbocycles. The van der Waals surface area contributed by atoms with E-state index in [0.29, 0.717) is 17.9 Å². The van der Waals surface area contributed by atoms with E-state index < -0.39 is 5.82 Å². The van der Waals surface area contributed by atoms with Crippen LogP contribution in [-0.4, -0.2) is 46.4 Å². The first-order chi connectivity index (χ1) is 19.1. The van der Waals surface area contributed by atoms with Crippen LogP contribution in [0.25, 0.3) is 22.6 Å². The summed E-state index contributed by atoms with van der Waals surface area (Å²) in [5, 5.41) is 0. The first-order valence-corrected chi connectivity index (χ1v) is 13.5. The topological polar surface area (TPSA) is 81.7 Å². The normalized spacial score (nSPS) is 15.6. The first-order valence-electron chi connectivity index (χ1n) is 13.5. The molecule has 1 fully saturated rings. The van der Waals surface area contributed by atoms with Crippen LogP contribution in [-0.2, 0) is 13.1 Å². The fraction of sp³-hybridized carbons (Fsp3) is 0.300. The van der Waals surface area contributed by atoms with Crippen molar-refractivity contribution in [2.45, 2.75) is 51.7 Å². The molecule has 0 saturated carbocycles. The fourth-order valence-corrected chi connectivity index (χ4v) is 5.52. The third kappa shape index (κ3) is 4.80. The van der Waals surface area contributed by atoms with Gasteiger partial charge in [0.15, 0.2) is 11.6 Å². The maximum atomic E-state index is 14.5. The number of nitrogens with zero attached hydrogens (tertiary/aromatic N) is 7. The summed E-state index contributed by atoms with van der Waals surface area (Å²) in [4.78, 5) is 33.5. The number of hydrogen-bond acceptors (Lipinski definition) is 5. The second-order valence-corrected chi connectivity index (χ2v) is 9.89. The molecule has 1 aliphatic rings. The van der Waals surface area contributed by atoms with Crippen molar-refractivity contribution in [2.24, 2.45) is 0 Å². The number of aromatic nitrogens is 6. The van der Waals surface area contributed by atoms with Gasteiger partial charge in [0.1, 0.15) is 11.5 Å². The Labute approximate surface area is 226 Å². The molecule has 6 rings (SSSR count). The summed E-state index contributed by atoms with van der Waals surface area (Å²) in [6.45, 7) is 4.02. The van der Waals surface area contributed by atoms with E-state index in [4.69, 9.17) is 4.98 Å². The molecule has 1 atom stereocenters. The molecule has 1 saturated heterocycles. The van der Waals surface area contributed by atoms with Gasteiger partial charge in [-0.1, -0.05) is 13.0 Å². The predicted octanol–water partition coefficient (Wildman–Crippen LogP) is 5.65. The minimum absolute atomic E-state index is 0.0135. The van der Waals surface area contributed by atoms with Crippen molar-refractivity contribution in [1.82, 2.24) is 34.0 Å². The zero-order chi connectivity index (χ0) is 26.8. The molecular weight excluding hydrogens is 493 g/mol. The summed E-state index contributed by atoms with van der Waals surface area (Å²) < 4.78 is 18.5. The summed E-state index contributed by atoms with van der Waals surface area (Å²) in [5.41, 5.74) is 3.64. The number of carbonyl (C=O) groups excluding carboxylic acids is 1. The Bertz CT molecular complexity index is 1610. The van der Waals surface area contributed by atoms with Crippen molar-refractivity contribution >= 4 is 16.9 Å². The van der Waals surface area contributed by atoms with Gasteiger partial charge in [0.25, 0.3) is 5.91 Å². The van der Waals surface area contributed by atoms with Gasteiger partial charge in [0.05, 0.1) is 23.6 Å². The van der Waals surface area contributed by atoms with E-state index in [0.717, 1.165) is 61.2 Å². The summed E-state index contributed by atoms with van der Waals surface area (Å²) in [6.07, 6.45) is 12.6. The second kappa shape index (κ2) is 10.8. The van der Waals surface area contributed by atoms with Gasteiger partial charge in [-0.05, 0) is 67.6 Å². The van der Waals surface area contributed by atoms with Crippen molar-refractivity contribution in [3.8, 4) is 11.5 Å². The molecule has 1 unspecified atom stereocenters. The average Bonchev–Trinajstić information content (AvgIpc) is 3.57. The van der Waals surface area contributed by atoms with Crippen LogP contribution in [0.1, 0.15) is 60.4 Å². The number of pyridine rings is 2. The number of hydrogen-bond donors (Lipinski definition) is 0. The van der Waals surface area contributed by atoms with Gasteiger partial charge in [-0.15, -0.1) is 0 Å². The number of carbonyl (C=O) groups is 1. The highest BCUT2D eigenvalue weighted by atomic mass is 19.1. The van der Waals surface area contributed by atoms with Crippen molar-refractivity contribution < 1.29 is 9.18 Å². The molecule has 1 amide bonds. The van der Waals surface area contributed by atoms with Crippen molar-refractivity contribution in [3.05, 3.63) is 96.2 Å². The fourth-order valence-electron chi connectivity index (χ4n) is 5.52. The van der Waals surface area contributed by atoms with Crippen LogP contribution in [0.15, 0.2) is 73.4 Å². The predicted molar refractivity (Wildman–Crippen MR) is 146 cm³/mol. The van der Waals surface area contributed by atoms with Crippen LogP contribution in [0, 0.1) is 5.82 Å². The Morgan fingerprint density at radius 2 is 1.97 bits per heavy atom. The number of halogens is 1. The van der Waals surface area contributed by atoms with E-state index in [-0.39, 0.29) is 17.6 Å². The standard InChI is InChI=1S/C30H30FN7O/c1-2-15-37-26-11-10-21(30(39)38-16-4-3-9-25(38)22-7-5-12-32-19-22)18-24(26)35-27(37)20-36-17-14-34-29(36)28-23(31)8-6-13-33-28/h5-8,10-14,17-19,25H,2-4,9,15-16,20H2,1H3. The lowest BCUT2D eigenvalue weighted by molar-refractivity contribution is 0.0611. The first kappa shape index (κ1) is 24.9. The van der Waals surface area contributed by atoms with Gasteiger partial charge < -0.3 is 14.0 Å². The van der Waals surface area contributed by atoms with E-state index in [1.807, 2.05) is 52.2 Å². The Kier molecular flexibility index (Phi) is 6.87. The Balaban J connectivity index is 1.33. The maximum absolute atomic E-state index is 14.5. The number of amides is 1. The van der Waals surface area contributed by atoms with E-state index in [1.54, 1.807) is 24.7 Å². The van der Waals surface area contributed by atoms with Gasteiger partial charge in [0, 0.05) is 49.6 Å². The molecule has 0 radical (unpaired) electrons. The number of likely N-dealkylation sites (tertiary alicyclic amines) is 1. The molecule has 5 aromatic rings. The van der Waals surface area contributed by atoms with Crippen LogP contribution >= 0.6 is 0 Å². The minimum Gasteiger partial charge on any atom is -0.332 e. The molecule has 1 aliphatic heterocycles. The van der Waals surface area contributed by atoms with Crippen LogP contribution < -0.4 is 0 Å². The third-order valence-electron chi connectivity index (χ3n) is 7.35. The second-order valence-electron chi connectivity index (χ2n) is 9.89. The Hall–Kier alpha value is -4.40. The lowest BCUT2D eigenvalue weighted by atomic mass is 9.95. The number of fused-ring (bicyclic) bond motifs is 1. The van der Waals surface area contributed by atoms with Crippen molar-refractivity contribution in [3.63, 3.8) is 0 Å². The Morgan fingerprint density at radius 3 is 2.79 bits per heavy atom. The lowest BCUT2D eigenvalue weighted by Gasteiger charge is -2.36. The van der Waals surface area contributed by atoms with Crippen LogP contribution in [0.2, 0.25) is 0 Å². The van der Waals surface area contributed by atoms with Crippen LogP contribution in [0.4, 0.5) is 4.39 Å². The zero-order valence-electron chi connectivity index (χ0n) is 21.9. The van der Waals surface area contributed by atoms with E-state index in [1.165, 1.54) is 6.07 Å². The maximum Gasteiger partial charge on any atom is 0.254 e. The van der Waals surface area contributed by atoms with E-state index >= 15 is 0 Å². The number of rotatable bonds is 7. The highest BCUT2D eigenvalue weighted by Gasteiger charge is 2.29. The molecule has 9 heteroatoms. The monoisotopic (exact) mass is 523 g/mol. The van der Waals surface area contributed by atoms with Crippen LogP contribution in [0.5, 0.6) is 0 Å². The molecule has 8 nitrogen and oxygen atoms in total. The number of aryl methyl sites for hydroxylation is 1. The van der Waals surface area contributed by atoms with Crippen LogP contribution in [0.3, 0.4) is 0 Å². The zero-order valence-corrected chi connectivity index (χ0v) is 21.9. The Morgan fingerprint density at radius 1 is 1.08 bits per heavy atom. The molecule has 0 bridgehead atoms. The highest BCUT2D eigenvalue weighted by Crippen LogP contribution is 2.32. The number of imidazole rings is 2.